The normalized spacial score (nSPS) is 11.9. The number of aromatic nitrogens is 3. The molecule has 1 N–H and O–H groups in total. The molecule has 118 valence electrons. The smallest absolute Gasteiger partial charge is 0.220 e. The predicted molar refractivity (Wildman–Crippen MR) is 83.5 cm³/mol. The van der Waals surface area contributed by atoms with Crippen LogP contribution < -0.4 is 10.1 Å². The second kappa shape index (κ2) is 8.17. The summed E-state index contributed by atoms with van der Waals surface area (Å²) in [6, 6.07) is 7.84. The van der Waals surface area contributed by atoms with Crippen molar-refractivity contribution in [3.8, 4) is 5.75 Å². The number of rotatable bonds is 8. The minimum atomic E-state index is -0.0283. The van der Waals surface area contributed by atoms with Gasteiger partial charge in [0.1, 0.15) is 25.0 Å². The van der Waals surface area contributed by atoms with E-state index in [1.165, 1.54) is 6.33 Å². The van der Waals surface area contributed by atoms with Crippen LogP contribution in [0.4, 0.5) is 0 Å². The molecular formula is C16H22N4O2. The summed E-state index contributed by atoms with van der Waals surface area (Å²) in [4.78, 5) is 15.7. The number of aryl methyl sites for hydroxylation is 2. The van der Waals surface area contributed by atoms with Gasteiger partial charge in [0.25, 0.3) is 0 Å². The zero-order chi connectivity index (χ0) is 15.8. The first-order valence-corrected chi connectivity index (χ1v) is 7.45. The highest BCUT2D eigenvalue weighted by molar-refractivity contribution is 5.76. The van der Waals surface area contributed by atoms with Crippen molar-refractivity contribution in [1.29, 1.82) is 0 Å². The average Bonchev–Trinajstić information content (AvgIpc) is 2.98. The Kier molecular flexibility index (Phi) is 5.94. The molecule has 0 aliphatic rings. The molecule has 6 nitrogen and oxygen atoms in total. The van der Waals surface area contributed by atoms with Crippen LogP contribution in [-0.4, -0.2) is 33.3 Å². The van der Waals surface area contributed by atoms with E-state index in [1.807, 2.05) is 38.1 Å². The number of hydrogen-bond acceptors (Lipinski definition) is 4. The third-order valence-electron chi connectivity index (χ3n) is 3.15. The van der Waals surface area contributed by atoms with Crippen molar-refractivity contribution in [3.05, 3.63) is 42.5 Å². The zero-order valence-corrected chi connectivity index (χ0v) is 13.0. The number of ether oxygens (including phenoxy) is 1. The van der Waals surface area contributed by atoms with Gasteiger partial charge in [-0.1, -0.05) is 12.1 Å². The first-order chi connectivity index (χ1) is 10.6. The molecule has 1 aromatic carbocycles. The van der Waals surface area contributed by atoms with E-state index in [0.717, 1.165) is 17.7 Å². The summed E-state index contributed by atoms with van der Waals surface area (Å²) in [5, 5.41) is 6.93. The highest BCUT2D eigenvalue weighted by atomic mass is 16.5. The number of amides is 1. The van der Waals surface area contributed by atoms with E-state index in [-0.39, 0.29) is 11.9 Å². The van der Waals surface area contributed by atoms with Crippen molar-refractivity contribution in [2.24, 2.45) is 0 Å². The third kappa shape index (κ3) is 5.55. The fourth-order valence-corrected chi connectivity index (χ4v) is 2.06. The summed E-state index contributed by atoms with van der Waals surface area (Å²) in [6.07, 6.45) is 4.34. The van der Waals surface area contributed by atoms with Gasteiger partial charge in [0.05, 0.1) is 6.04 Å². The molecule has 1 unspecified atom stereocenters. The lowest BCUT2D eigenvalue weighted by molar-refractivity contribution is -0.122. The zero-order valence-electron chi connectivity index (χ0n) is 13.0. The topological polar surface area (TPSA) is 69.0 Å². The van der Waals surface area contributed by atoms with Crippen molar-refractivity contribution in [1.82, 2.24) is 20.1 Å². The summed E-state index contributed by atoms with van der Waals surface area (Å²) < 4.78 is 7.40. The third-order valence-corrected chi connectivity index (χ3v) is 3.15. The van der Waals surface area contributed by atoms with Gasteiger partial charge in [-0.15, -0.1) is 0 Å². The maximum absolute atomic E-state index is 11.8. The molecular weight excluding hydrogens is 280 g/mol. The van der Waals surface area contributed by atoms with E-state index in [2.05, 4.69) is 15.4 Å². The van der Waals surface area contributed by atoms with Gasteiger partial charge in [-0.25, -0.2) is 4.98 Å². The minimum Gasteiger partial charge on any atom is -0.491 e. The molecule has 0 saturated heterocycles. The largest absolute Gasteiger partial charge is 0.491 e. The molecule has 0 saturated carbocycles. The minimum absolute atomic E-state index is 0.0282. The molecule has 1 aromatic heterocycles. The monoisotopic (exact) mass is 302 g/mol. The molecule has 0 bridgehead atoms. The van der Waals surface area contributed by atoms with Crippen LogP contribution in [0.1, 0.15) is 25.3 Å². The number of nitrogens with one attached hydrogen (secondary N) is 1. The quantitative estimate of drug-likeness (QED) is 0.809. The maximum atomic E-state index is 11.8. The standard InChI is InChI=1S/C16H22N4O2/c1-13-5-3-6-15(9-13)22-10-14(2)19-16(21)7-4-8-20-12-17-11-18-20/h3,5-6,9,11-12,14H,4,7-8,10H2,1-2H3,(H,19,21). The number of benzene rings is 1. The summed E-state index contributed by atoms with van der Waals surface area (Å²) in [5.74, 6) is 0.854. The Balaban J connectivity index is 1.63. The van der Waals surface area contributed by atoms with Gasteiger partial charge >= 0.3 is 0 Å². The summed E-state index contributed by atoms with van der Waals surface area (Å²) >= 11 is 0. The van der Waals surface area contributed by atoms with Crippen LogP contribution in [0.5, 0.6) is 5.75 Å². The van der Waals surface area contributed by atoms with Gasteiger partial charge < -0.3 is 10.1 Å². The van der Waals surface area contributed by atoms with Crippen molar-refractivity contribution < 1.29 is 9.53 Å². The fraction of sp³-hybridized carbons (Fsp3) is 0.438. The van der Waals surface area contributed by atoms with E-state index in [4.69, 9.17) is 4.74 Å². The van der Waals surface area contributed by atoms with Gasteiger partial charge in [-0.2, -0.15) is 5.10 Å². The van der Waals surface area contributed by atoms with Crippen LogP contribution >= 0.6 is 0 Å². The summed E-state index contributed by atoms with van der Waals surface area (Å²) in [6.45, 7) is 5.11. The van der Waals surface area contributed by atoms with E-state index in [1.54, 1.807) is 11.0 Å². The molecule has 2 rings (SSSR count). The molecule has 6 heteroatoms. The number of carbonyl (C=O) groups is 1. The lowest BCUT2D eigenvalue weighted by Crippen LogP contribution is -2.36. The molecule has 0 radical (unpaired) electrons. The maximum Gasteiger partial charge on any atom is 0.220 e. The second-order valence-electron chi connectivity index (χ2n) is 5.36. The summed E-state index contributed by atoms with van der Waals surface area (Å²) in [7, 11) is 0. The van der Waals surface area contributed by atoms with Gasteiger partial charge in [0.2, 0.25) is 5.91 Å². The Bertz CT molecular complexity index is 584. The fourth-order valence-electron chi connectivity index (χ4n) is 2.06. The molecule has 0 fully saturated rings. The molecule has 0 aliphatic carbocycles. The van der Waals surface area contributed by atoms with E-state index in [9.17, 15) is 4.79 Å². The van der Waals surface area contributed by atoms with Crippen LogP contribution in [0.15, 0.2) is 36.9 Å². The Morgan fingerprint density at radius 2 is 2.32 bits per heavy atom. The van der Waals surface area contributed by atoms with Crippen LogP contribution in [0, 0.1) is 6.92 Å². The highest BCUT2D eigenvalue weighted by Crippen LogP contribution is 2.12. The molecule has 1 amide bonds. The SMILES string of the molecule is Cc1cccc(OCC(C)NC(=O)CCCn2cncn2)c1. The Hall–Kier alpha value is -2.37. The first-order valence-electron chi connectivity index (χ1n) is 7.45. The van der Waals surface area contributed by atoms with Crippen molar-refractivity contribution >= 4 is 5.91 Å². The van der Waals surface area contributed by atoms with Crippen molar-refractivity contribution in [3.63, 3.8) is 0 Å². The molecule has 0 spiro atoms. The second-order valence-corrected chi connectivity index (χ2v) is 5.36. The molecule has 1 atom stereocenters. The van der Waals surface area contributed by atoms with Crippen LogP contribution in [-0.2, 0) is 11.3 Å². The van der Waals surface area contributed by atoms with Crippen LogP contribution in [0.2, 0.25) is 0 Å². The molecule has 1 heterocycles. The lowest BCUT2D eigenvalue weighted by atomic mass is 10.2. The van der Waals surface area contributed by atoms with E-state index in [0.29, 0.717) is 19.6 Å². The van der Waals surface area contributed by atoms with Gasteiger partial charge in [-0.3, -0.25) is 9.48 Å². The Morgan fingerprint density at radius 3 is 3.05 bits per heavy atom. The first kappa shape index (κ1) is 16.0. The van der Waals surface area contributed by atoms with Crippen LogP contribution in [0.3, 0.4) is 0 Å². The number of hydrogen-bond donors (Lipinski definition) is 1. The Labute approximate surface area is 130 Å². The molecule has 2 aromatic rings. The number of nitrogens with zero attached hydrogens (tertiary/aromatic N) is 3. The van der Waals surface area contributed by atoms with Gasteiger partial charge in [-0.05, 0) is 38.0 Å². The Morgan fingerprint density at radius 1 is 1.45 bits per heavy atom. The van der Waals surface area contributed by atoms with Crippen molar-refractivity contribution in [2.75, 3.05) is 6.61 Å². The van der Waals surface area contributed by atoms with Crippen LogP contribution in [0.25, 0.3) is 0 Å². The summed E-state index contributed by atoms with van der Waals surface area (Å²) in [5.41, 5.74) is 1.15. The lowest BCUT2D eigenvalue weighted by Gasteiger charge is -2.15. The van der Waals surface area contributed by atoms with Gasteiger partial charge in [0, 0.05) is 13.0 Å². The predicted octanol–water partition coefficient (Wildman–Crippen LogP) is 1.95. The number of carbonyl (C=O) groups excluding carboxylic acids is 1. The molecule has 22 heavy (non-hydrogen) atoms. The van der Waals surface area contributed by atoms with Gasteiger partial charge in [0.15, 0.2) is 0 Å². The molecule has 0 aliphatic heterocycles. The average molecular weight is 302 g/mol. The van der Waals surface area contributed by atoms with Crippen molar-refractivity contribution in [2.45, 2.75) is 39.3 Å². The highest BCUT2D eigenvalue weighted by Gasteiger charge is 2.08. The van der Waals surface area contributed by atoms with E-state index >= 15 is 0 Å². The van der Waals surface area contributed by atoms with E-state index < -0.39 is 0 Å².